The van der Waals surface area contributed by atoms with Crippen LogP contribution in [0.2, 0.25) is 0 Å². The molecule has 0 spiro atoms. The van der Waals surface area contributed by atoms with Crippen molar-refractivity contribution in [3.05, 3.63) is 0 Å². The lowest BCUT2D eigenvalue weighted by Crippen LogP contribution is -2.54. The molecule has 0 aliphatic carbocycles. The minimum absolute atomic E-state index is 0.178. The van der Waals surface area contributed by atoms with E-state index in [1.807, 2.05) is 13.8 Å². The number of carbonyl (C=O) groups excluding carboxylic acids is 1. The fourth-order valence-corrected chi connectivity index (χ4v) is 3.17. The minimum Gasteiger partial charge on any atom is -0.465 e. The third-order valence-electron chi connectivity index (χ3n) is 3.35. The van der Waals surface area contributed by atoms with Gasteiger partial charge in [-0.2, -0.15) is 4.31 Å². The molecule has 0 aromatic rings. The molecule has 1 unspecified atom stereocenters. The zero-order chi connectivity index (χ0) is 16.0. The van der Waals surface area contributed by atoms with E-state index in [0.717, 1.165) is 0 Å². The maximum atomic E-state index is 12.0. The molecule has 0 aromatic carbocycles. The molecule has 0 bridgehead atoms. The molecule has 1 aliphatic heterocycles. The van der Waals surface area contributed by atoms with Crippen LogP contribution >= 0.6 is 0 Å². The van der Waals surface area contributed by atoms with E-state index in [0.29, 0.717) is 39.3 Å². The molecule has 1 aliphatic rings. The number of hydrogen-bond donors (Lipinski definition) is 1. The van der Waals surface area contributed by atoms with E-state index in [4.69, 9.17) is 4.74 Å². The minimum atomic E-state index is -3.12. The first kappa shape index (κ1) is 18.3. The Hall–Kier alpha value is -0.700. The number of esters is 1. The molecule has 1 fully saturated rings. The van der Waals surface area contributed by atoms with Gasteiger partial charge >= 0.3 is 5.97 Å². The summed E-state index contributed by atoms with van der Waals surface area (Å²) in [5.41, 5.74) is 0. The van der Waals surface area contributed by atoms with Crippen LogP contribution in [0, 0.1) is 0 Å². The van der Waals surface area contributed by atoms with Crippen molar-refractivity contribution < 1.29 is 17.9 Å². The van der Waals surface area contributed by atoms with Crippen LogP contribution < -0.4 is 5.32 Å². The van der Waals surface area contributed by atoms with Crippen LogP contribution in [-0.4, -0.2) is 81.3 Å². The molecule has 0 amide bonds. The van der Waals surface area contributed by atoms with Gasteiger partial charge in [0.1, 0.15) is 6.04 Å². The van der Waals surface area contributed by atoms with E-state index in [-0.39, 0.29) is 18.1 Å². The van der Waals surface area contributed by atoms with Gasteiger partial charge < -0.3 is 10.1 Å². The largest absolute Gasteiger partial charge is 0.465 e. The first-order valence-corrected chi connectivity index (χ1v) is 9.19. The number of ether oxygens (including phenoxy) is 1. The summed E-state index contributed by atoms with van der Waals surface area (Å²) >= 11 is 0. The molecule has 8 heteroatoms. The van der Waals surface area contributed by atoms with Gasteiger partial charge in [-0.15, -0.1) is 0 Å². The van der Waals surface area contributed by atoms with Crippen LogP contribution in [-0.2, 0) is 19.6 Å². The maximum absolute atomic E-state index is 12.0. The Morgan fingerprint density at radius 3 is 2.24 bits per heavy atom. The van der Waals surface area contributed by atoms with Gasteiger partial charge in [-0.25, -0.2) is 8.42 Å². The zero-order valence-corrected chi connectivity index (χ0v) is 14.1. The normalized spacial score (nSPS) is 19.7. The zero-order valence-electron chi connectivity index (χ0n) is 13.3. The molecule has 0 aromatic heterocycles. The molecule has 1 N–H and O–H groups in total. The Kier molecular flexibility index (Phi) is 7.05. The Morgan fingerprint density at radius 1 is 1.24 bits per heavy atom. The molecule has 0 saturated carbocycles. The fourth-order valence-electron chi connectivity index (χ4n) is 2.34. The molecule has 1 rings (SSSR count). The van der Waals surface area contributed by atoms with Crippen LogP contribution in [0.25, 0.3) is 0 Å². The SMILES string of the molecule is CCOC(=O)C(CN1CCN(S(C)(=O)=O)CC1)NC(C)C. The predicted molar refractivity (Wildman–Crippen MR) is 81.5 cm³/mol. The maximum Gasteiger partial charge on any atom is 0.324 e. The number of hydrogen-bond acceptors (Lipinski definition) is 6. The van der Waals surface area contributed by atoms with Crippen molar-refractivity contribution in [2.75, 3.05) is 45.6 Å². The average molecular weight is 321 g/mol. The van der Waals surface area contributed by atoms with Gasteiger partial charge in [0.05, 0.1) is 12.9 Å². The smallest absolute Gasteiger partial charge is 0.324 e. The Labute approximate surface area is 127 Å². The lowest BCUT2D eigenvalue weighted by molar-refractivity contribution is -0.146. The van der Waals surface area contributed by atoms with Crippen molar-refractivity contribution in [3.8, 4) is 0 Å². The van der Waals surface area contributed by atoms with Crippen LogP contribution in [0.15, 0.2) is 0 Å². The summed E-state index contributed by atoms with van der Waals surface area (Å²) in [6, 6.07) is -0.202. The van der Waals surface area contributed by atoms with Gasteiger partial charge in [-0.05, 0) is 6.92 Å². The Balaban J connectivity index is 2.55. The highest BCUT2D eigenvalue weighted by Crippen LogP contribution is 2.07. The van der Waals surface area contributed by atoms with E-state index in [1.54, 1.807) is 6.92 Å². The summed E-state index contributed by atoms with van der Waals surface area (Å²) in [4.78, 5) is 14.1. The first-order valence-electron chi connectivity index (χ1n) is 7.34. The van der Waals surface area contributed by atoms with Crippen molar-refractivity contribution in [1.29, 1.82) is 0 Å². The highest BCUT2D eigenvalue weighted by atomic mass is 32.2. The predicted octanol–water partition coefficient (Wildman–Crippen LogP) is -0.507. The summed E-state index contributed by atoms with van der Waals surface area (Å²) in [6.07, 6.45) is 1.23. The second-order valence-corrected chi connectivity index (χ2v) is 7.57. The van der Waals surface area contributed by atoms with Crippen molar-refractivity contribution in [3.63, 3.8) is 0 Å². The fraction of sp³-hybridized carbons (Fsp3) is 0.923. The summed E-state index contributed by atoms with van der Waals surface area (Å²) < 4.78 is 29.5. The second kappa shape index (κ2) is 8.07. The molecule has 1 atom stereocenters. The molecule has 0 radical (unpaired) electrons. The van der Waals surface area contributed by atoms with E-state index >= 15 is 0 Å². The number of nitrogens with one attached hydrogen (secondary N) is 1. The molecular formula is C13H27N3O4S. The Bertz CT molecular complexity index is 431. The molecule has 124 valence electrons. The molecule has 1 saturated heterocycles. The van der Waals surface area contributed by atoms with E-state index in [1.165, 1.54) is 10.6 Å². The lowest BCUT2D eigenvalue weighted by atomic mass is 10.2. The topological polar surface area (TPSA) is 79.0 Å². The number of nitrogens with zero attached hydrogens (tertiary/aromatic N) is 2. The number of carbonyl (C=O) groups is 1. The molecule has 21 heavy (non-hydrogen) atoms. The van der Waals surface area contributed by atoms with E-state index in [2.05, 4.69) is 10.2 Å². The number of piperazine rings is 1. The van der Waals surface area contributed by atoms with Gasteiger partial charge in [0.15, 0.2) is 0 Å². The van der Waals surface area contributed by atoms with E-state index < -0.39 is 10.0 Å². The standard InChI is InChI=1S/C13H27N3O4S/c1-5-20-13(17)12(14-11(2)3)10-15-6-8-16(9-7-15)21(4,18)19/h11-12,14H,5-10H2,1-4H3. The summed E-state index contributed by atoms with van der Waals surface area (Å²) in [7, 11) is -3.12. The van der Waals surface area contributed by atoms with Crippen LogP contribution in [0.3, 0.4) is 0 Å². The van der Waals surface area contributed by atoms with Crippen molar-refractivity contribution in [2.45, 2.75) is 32.9 Å². The van der Waals surface area contributed by atoms with Gasteiger partial charge in [0.2, 0.25) is 10.0 Å². The molecular weight excluding hydrogens is 294 g/mol. The first-order chi connectivity index (χ1) is 9.74. The highest BCUT2D eigenvalue weighted by molar-refractivity contribution is 7.88. The Morgan fingerprint density at radius 2 is 1.81 bits per heavy atom. The average Bonchev–Trinajstić information content (AvgIpc) is 2.37. The summed E-state index contributed by atoms with van der Waals surface area (Å²) in [5, 5.41) is 3.21. The van der Waals surface area contributed by atoms with Gasteiger partial charge in [-0.1, -0.05) is 13.8 Å². The van der Waals surface area contributed by atoms with Gasteiger partial charge in [-0.3, -0.25) is 9.69 Å². The quantitative estimate of drug-likeness (QED) is 0.637. The van der Waals surface area contributed by atoms with E-state index in [9.17, 15) is 13.2 Å². The second-order valence-electron chi connectivity index (χ2n) is 5.59. The molecule has 7 nitrogen and oxygen atoms in total. The highest BCUT2D eigenvalue weighted by Gasteiger charge is 2.28. The van der Waals surface area contributed by atoms with Crippen LogP contribution in [0.4, 0.5) is 0 Å². The number of sulfonamides is 1. The van der Waals surface area contributed by atoms with Crippen LogP contribution in [0.5, 0.6) is 0 Å². The van der Waals surface area contributed by atoms with Crippen molar-refractivity contribution in [1.82, 2.24) is 14.5 Å². The monoisotopic (exact) mass is 321 g/mol. The van der Waals surface area contributed by atoms with Crippen molar-refractivity contribution >= 4 is 16.0 Å². The molecule has 1 heterocycles. The summed E-state index contributed by atoms with van der Waals surface area (Å²) in [6.45, 7) is 8.83. The summed E-state index contributed by atoms with van der Waals surface area (Å²) in [5.74, 6) is -0.253. The third-order valence-corrected chi connectivity index (χ3v) is 4.65. The van der Waals surface area contributed by atoms with Gasteiger partial charge in [0.25, 0.3) is 0 Å². The van der Waals surface area contributed by atoms with Crippen LogP contribution in [0.1, 0.15) is 20.8 Å². The van der Waals surface area contributed by atoms with Crippen molar-refractivity contribution in [2.24, 2.45) is 0 Å². The number of rotatable bonds is 7. The van der Waals surface area contributed by atoms with Gasteiger partial charge in [0, 0.05) is 38.8 Å². The third kappa shape index (κ3) is 6.29. The lowest BCUT2D eigenvalue weighted by Gasteiger charge is -2.35.